The molecule has 0 aliphatic carbocycles. The molecule has 0 radical (unpaired) electrons. The smallest absolute Gasteiger partial charge is 0.251 e. The molecule has 148 valence electrons. The third-order valence-corrected chi connectivity index (χ3v) is 5.80. The lowest BCUT2D eigenvalue weighted by molar-refractivity contribution is -0.136. The summed E-state index contributed by atoms with van der Waals surface area (Å²) in [4.78, 5) is 31.0. The van der Waals surface area contributed by atoms with Crippen molar-refractivity contribution in [2.45, 2.75) is 38.8 Å². The average molecular weight is 373 g/mol. The molecule has 1 aromatic carbocycles. The van der Waals surface area contributed by atoms with Gasteiger partial charge in [0.05, 0.1) is 6.54 Å². The van der Waals surface area contributed by atoms with Gasteiger partial charge in [0.15, 0.2) is 0 Å². The Morgan fingerprint density at radius 1 is 1.00 bits per heavy atom. The minimum Gasteiger partial charge on any atom is -0.355 e. The van der Waals surface area contributed by atoms with E-state index in [4.69, 9.17) is 0 Å². The topological polar surface area (TPSA) is 55.9 Å². The van der Waals surface area contributed by atoms with Crippen LogP contribution in [-0.4, -0.2) is 78.9 Å². The number of nitrogens with one attached hydrogen (secondary N) is 1. The Hall–Kier alpha value is -1.92. The predicted molar refractivity (Wildman–Crippen MR) is 107 cm³/mol. The van der Waals surface area contributed by atoms with E-state index < -0.39 is 0 Å². The van der Waals surface area contributed by atoms with E-state index in [0.29, 0.717) is 24.1 Å². The van der Waals surface area contributed by atoms with E-state index >= 15 is 0 Å². The number of carbonyl (C=O) groups is 2. The lowest BCUT2D eigenvalue weighted by Crippen LogP contribution is -2.51. The highest BCUT2D eigenvalue weighted by Crippen LogP contribution is 2.17. The van der Waals surface area contributed by atoms with Crippen LogP contribution in [0.25, 0.3) is 0 Å². The zero-order valence-corrected chi connectivity index (χ0v) is 16.6. The van der Waals surface area contributed by atoms with E-state index in [2.05, 4.69) is 26.9 Å². The van der Waals surface area contributed by atoms with Gasteiger partial charge in [0.2, 0.25) is 5.91 Å². The third kappa shape index (κ3) is 5.30. The summed E-state index contributed by atoms with van der Waals surface area (Å²) in [7, 11) is 1.65. The Labute approximate surface area is 162 Å². The van der Waals surface area contributed by atoms with E-state index in [1.807, 2.05) is 24.3 Å². The molecule has 1 unspecified atom stereocenters. The number of carbonyl (C=O) groups excluding carboxylic acids is 2. The summed E-state index contributed by atoms with van der Waals surface area (Å²) in [5.74, 6) is 0.239. The summed E-state index contributed by atoms with van der Waals surface area (Å²) in [6.45, 7) is 8.35. The van der Waals surface area contributed by atoms with Crippen LogP contribution in [0.1, 0.15) is 42.1 Å². The minimum atomic E-state index is -0.0529. The third-order valence-electron chi connectivity index (χ3n) is 5.80. The minimum absolute atomic E-state index is 0.0529. The Bertz CT molecular complexity index is 638. The molecule has 0 aromatic heterocycles. The van der Waals surface area contributed by atoms with Gasteiger partial charge in [-0.25, -0.2) is 0 Å². The number of rotatable bonds is 5. The number of likely N-dealkylation sites (tertiary alicyclic amines) is 1. The highest BCUT2D eigenvalue weighted by molar-refractivity contribution is 5.93. The van der Waals surface area contributed by atoms with Crippen molar-refractivity contribution in [3.05, 3.63) is 35.4 Å². The van der Waals surface area contributed by atoms with E-state index in [1.54, 1.807) is 7.05 Å². The summed E-state index contributed by atoms with van der Waals surface area (Å²) in [5, 5.41) is 2.64. The van der Waals surface area contributed by atoms with E-state index in [1.165, 1.54) is 12.0 Å². The summed E-state index contributed by atoms with van der Waals surface area (Å²) < 4.78 is 0. The normalized spacial score (nSPS) is 21.9. The molecule has 0 bridgehead atoms. The molecule has 6 heteroatoms. The monoisotopic (exact) mass is 372 g/mol. The molecule has 2 aliphatic rings. The second-order valence-corrected chi connectivity index (χ2v) is 7.76. The second kappa shape index (κ2) is 9.33. The SMILES string of the molecule is CNC(=O)c1ccc(CN2CCN(CC(=O)N3CCCCC3C)CC2)cc1. The van der Waals surface area contributed by atoms with Crippen molar-refractivity contribution in [1.29, 1.82) is 0 Å². The Morgan fingerprint density at radius 2 is 1.67 bits per heavy atom. The van der Waals surface area contributed by atoms with Gasteiger partial charge in [-0.1, -0.05) is 12.1 Å². The van der Waals surface area contributed by atoms with Crippen LogP contribution in [0.3, 0.4) is 0 Å². The van der Waals surface area contributed by atoms with Crippen molar-refractivity contribution < 1.29 is 9.59 Å². The quantitative estimate of drug-likeness (QED) is 0.852. The summed E-state index contributed by atoms with van der Waals surface area (Å²) in [6.07, 6.45) is 3.52. The first-order valence-corrected chi connectivity index (χ1v) is 10.1. The molecule has 2 saturated heterocycles. The first-order valence-electron chi connectivity index (χ1n) is 10.1. The number of piperazine rings is 1. The van der Waals surface area contributed by atoms with Crippen LogP contribution in [-0.2, 0) is 11.3 Å². The van der Waals surface area contributed by atoms with Crippen molar-refractivity contribution in [3.63, 3.8) is 0 Å². The maximum atomic E-state index is 12.6. The molecule has 27 heavy (non-hydrogen) atoms. The lowest BCUT2D eigenvalue weighted by Gasteiger charge is -2.38. The molecule has 1 aromatic rings. The second-order valence-electron chi connectivity index (χ2n) is 7.76. The molecular weight excluding hydrogens is 340 g/mol. The molecule has 2 fully saturated rings. The molecular formula is C21H32N4O2. The fourth-order valence-corrected chi connectivity index (χ4v) is 4.02. The maximum absolute atomic E-state index is 12.6. The van der Waals surface area contributed by atoms with Crippen LogP contribution in [0.15, 0.2) is 24.3 Å². The van der Waals surface area contributed by atoms with Crippen molar-refractivity contribution in [3.8, 4) is 0 Å². The van der Waals surface area contributed by atoms with Gasteiger partial charge in [0.25, 0.3) is 5.91 Å². The zero-order chi connectivity index (χ0) is 19.2. The standard InChI is InChI=1S/C21H32N4O2/c1-17-5-3-4-10-25(17)20(26)16-24-13-11-23(12-14-24)15-18-6-8-19(9-7-18)21(27)22-2/h6-9,17H,3-5,10-16H2,1-2H3,(H,22,27). The maximum Gasteiger partial charge on any atom is 0.251 e. The first-order chi connectivity index (χ1) is 13.1. The average Bonchev–Trinajstić information content (AvgIpc) is 2.69. The molecule has 0 spiro atoms. The molecule has 6 nitrogen and oxygen atoms in total. The number of nitrogens with zero attached hydrogens (tertiary/aromatic N) is 3. The van der Waals surface area contributed by atoms with Gasteiger partial charge in [0.1, 0.15) is 0 Å². The number of hydrogen-bond acceptors (Lipinski definition) is 4. The van der Waals surface area contributed by atoms with E-state index in [9.17, 15) is 9.59 Å². The molecule has 1 atom stereocenters. The van der Waals surface area contributed by atoms with Crippen LogP contribution < -0.4 is 5.32 Å². The lowest BCUT2D eigenvalue weighted by atomic mass is 10.0. The molecule has 0 saturated carbocycles. The highest BCUT2D eigenvalue weighted by atomic mass is 16.2. The van der Waals surface area contributed by atoms with Crippen molar-refractivity contribution in [2.75, 3.05) is 46.3 Å². The van der Waals surface area contributed by atoms with Crippen LogP contribution in [0.2, 0.25) is 0 Å². The number of benzene rings is 1. The van der Waals surface area contributed by atoms with Gasteiger partial charge in [-0.15, -0.1) is 0 Å². The number of hydrogen-bond donors (Lipinski definition) is 1. The van der Waals surface area contributed by atoms with Crippen LogP contribution in [0, 0.1) is 0 Å². The van der Waals surface area contributed by atoms with E-state index in [0.717, 1.165) is 52.1 Å². The van der Waals surface area contributed by atoms with Crippen LogP contribution in [0.4, 0.5) is 0 Å². The fourth-order valence-electron chi connectivity index (χ4n) is 4.02. The molecule has 1 N–H and O–H groups in total. The Morgan fingerprint density at radius 3 is 2.30 bits per heavy atom. The largest absolute Gasteiger partial charge is 0.355 e. The fraction of sp³-hybridized carbons (Fsp3) is 0.619. The molecule has 2 aliphatic heterocycles. The van der Waals surface area contributed by atoms with Gasteiger partial charge in [0, 0.05) is 57.9 Å². The van der Waals surface area contributed by atoms with Gasteiger partial charge < -0.3 is 10.2 Å². The van der Waals surface area contributed by atoms with Gasteiger partial charge in [-0.05, 0) is 43.9 Å². The van der Waals surface area contributed by atoms with E-state index in [-0.39, 0.29) is 5.91 Å². The summed E-state index contributed by atoms with van der Waals surface area (Å²) in [6, 6.07) is 8.20. The molecule has 2 heterocycles. The Balaban J connectivity index is 1.43. The van der Waals surface area contributed by atoms with Gasteiger partial charge in [-0.3, -0.25) is 19.4 Å². The molecule has 2 amide bonds. The summed E-state index contributed by atoms with van der Waals surface area (Å²) in [5.41, 5.74) is 1.91. The number of amides is 2. The Kier molecular flexibility index (Phi) is 6.85. The highest BCUT2D eigenvalue weighted by Gasteiger charge is 2.26. The predicted octanol–water partition coefficient (Wildman–Crippen LogP) is 1.56. The zero-order valence-electron chi connectivity index (χ0n) is 16.6. The number of piperidine rings is 1. The van der Waals surface area contributed by atoms with Crippen molar-refractivity contribution >= 4 is 11.8 Å². The van der Waals surface area contributed by atoms with Crippen LogP contribution in [0.5, 0.6) is 0 Å². The van der Waals surface area contributed by atoms with Gasteiger partial charge in [-0.2, -0.15) is 0 Å². The van der Waals surface area contributed by atoms with Crippen molar-refractivity contribution in [2.24, 2.45) is 0 Å². The van der Waals surface area contributed by atoms with Gasteiger partial charge >= 0.3 is 0 Å². The first kappa shape index (κ1) is 19.8. The van der Waals surface area contributed by atoms with Crippen LogP contribution >= 0.6 is 0 Å². The molecule has 3 rings (SSSR count). The summed E-state index contributed by atoms with van der Waals surface area (Å²) >= 11 is 0. The van der Waals surface area contributed by atoms with Crippen molar-refractivity contribution in [1.82, 2.24) is 20.0 Å².